The van der Waals surface area contributed by atoms with Crippen LogP contribution in [0, 0.1) is 5.92 Å². The molecule has 26 heavy (non-hydrogen) atoms. The lowest BCUT2D eigenvalue weighted by molar-refractivity contribution is -0.124. The Morgan fingerprint density at radius 1 is 1.19 bits per heavy atom. The number of carbonyl (C=O) groups excluding carboxylic acids is 1. The fraction of sp³-hybridized carbons (Fsp3) is 0.450. The van der Waals surface area contributed by atoms with E-state index < -0.39 is 0 Å². The predicted molar refractivity (Wildman–Crippen MR) is 103 cm³/mol. The van der Waals surface area contributed by atoms with Gasteiger partial charge in [0, 0.05) is 51.7 Å². The number of hydrogen-bond acceptors (Lipinski definition) is 5. The van der Waals surface area contributed by atoms with Gasteiger partial charge < -0.3 is 10.2 Å². The van der Waals surface area contributed by atoms with Crippen molar-refractivity contribution in [3.05, 3.63) is 53.9 Å². The minimum absolute atomic E-state index is 0.0766. The number of nitrogens with one attached hydrogen (secondary N) is 1. The van der Waals surface area contributed by atoms with E-state index in [-0.39, 0.29) is 11.8 Å². The Balaban J connectivity index is 1.42. The highest BCUT2D eigenvalue weighted by Crippen LogP contribution is 2.19. The SMILES string of the molecule is CN(C)c1ncc(CN2CC[C@@H](C(=O)NCCc3ccccc3)C2)cn1. The van der Waals surface area contributed by atoms with Crippen molar-refractivity contribution in [1.82, 2.24) is 20.2 Å². The van der Waals surface area contributed by atoms with Crippen LogP contribution in [0.1, 0.15) is 17.5 Å². The molecule has 1 aromatic carbocycles. The van der Waals surface area contributed by atoms with Gasteiger partial charge in [-0.15, -0.1) is 0 Å². The second kappa shape index (κ2) is 8.76. The highest BCUT2D eigenvalue weighted by Gasteiger charge is 2.28. The van der Waals surface area contributed by atoms with E-state index in [1.807, 2.05) is 49.6 Å². The monoisotopic (exact) mass is 353 g/mol. The summed E-state index contributed by atoms with van der Waals surface area (Å²) in [6.07, 6.45) is 5.53. The largest absolute Gasteiger partial charge is 0.355 e. The first kappa shape index (κ1) is 18.3. The molecule has 1 aliphatic heterocycles. The minimum atomic E-state index is 0.0766. The van der Waals surface area contributed by atoms with Gasteiger partial charge in [-0.1, -0.05) is 30.3 Å². The van der Waals surface area contributed by atoms with Gasteiger partial charge in [-0.25, -0.2) is 9.97 Å². The summed E-state index contributed by atoms with van der Waals surface area (Å²) in [4.78, 5) is 25.3. The van der Waals surface area contributed by atoms with Crippen LogP contribution in [0.4, 0.5) is 5.95 Å². The van der Waals surface area contributed by atoms with E-state index in [4.69, 9.17) is 0 Å². The first-order valence-electron chi connectivity index (χ1n) is 9.14. The van der Waals surface area contributed by atoms with E-state index in [1.165, 1.54) is 5.56 Å². The van der Waals surface area contributed by atoms with Crippen molar-refractivity contribution in [2.45, 2.75) is 19.4 Å². The number of amides is 1. The average molecular weight is 353 g/mol. The Morgan fingerprint density at radius 2 is 1.92 bits per heavy atom. The van der Waals surface area contributed by atoms with Crippen molar-refractivity contribution >= 4 is 11.9 Å². The number of likely N-dealkylation sites (tertiary alicyclic amines) is 1. The molecule has 2 aromatic rings. The molecule has 0 unspecified atom stereocenters. The van der Waals surface area contributed by atoms with Gasteiger partial charge in [0.15, 0.2) is 0 Å². The second-order valence-corrected chi connectivity index (χ2v) is 7.03. The van der Waals surface area contributed by atoms with Crippen LogP contribution in [0.3, 0.4) is 0 Å². The summed E-state index contributed by atoms with van der Waals surface area (Å²) < 4.78 is 0. The van der Waals surface area contributed by atoms with Crippen LogP contribution < -0.4 is 10.2 Å². The molecule has 0 spiro atoms. The third kappa shape index (κ3) is 5.02. The zero-order valence-electron chi connectivity index (χ0n) is 15.6. The quantitative estimate of drug-likeness (QED) is 0.821. The lowest BCUT2D eigenvalue weighted by Crippen LogP contribution is -2.34. The Morgan fingerprint density at radius 3 is 2.62 bits per heavy atom. The molecule has 1 fully saturated rings. The van der Waals surface area contributed by atoms with Gasteiger partial charge in [-0.2, -0.15) is 0 Å². The number of carbonyl (C=O) groups is 1. The van der Waals surface area contributed by atoms with Gasteiger partial charge in [0.05, 0.1) is 5.92 Å². The molecule has 0 radical (unpaired) electrons. The van der Waals surface area contributed by atoms with Gasteiger partial charge >= 0.3 is 0 Å². The van der Waals surface area contributed by atoms with Gasteiger partial charge in [-0.05, 0) is 24.9 Å². The van der Waals surface area contributed by atoms with Crippen molar-refractivity contribution in [2.75, 3.05) is 38.6 Å². The number of anilines is 1. The summed E-state index contributed by atoms with van der Waals surface area (Å²) in [5.74, 6) is 0.959. The van der Waals surface area contributed by atoms with Crippen molar-refractivity contribution in [3.8, 4) is 0 Å². The number of hydrogen-bond donors (Lipinski definition) is 1. The van der Waals surface area contributed by atoms with Crippen LogP contribution in [0.25, 0.3) is 0 Å². The van der Waals surface area contributed by atoms with Crippen LogP contribution in [-0.4, -0.2) is 54.5 Å². The van der Waals surface area contributed by atoms with Crippen LogP contribution in [0.5, 0.6) is 0 Å². The molecule has 0 bridgehead atoms. The normalized spacial score (nSPS) is 17.2. The van der Waals surface area contributed by atoms with E-state index >= 15 is 0 Å². The smallest absolute Gasteiger partial charge is 0.224 e. The summed E-state index contributed by atoms with van der Waals surface area (Å²) in [5, 5.41) is 3.08. The summed E-state index contributed by atoms with van der Waals surface area (Å²) in [7, 11) is 3.85. The standard InChI is InChI=1S/C20H27N5O/c1-24(2)20-22-12-17(13-23-20)14-25-11-9-18(15-25)19(26)21-10-8-16-6-4-3-5-7-16/h3-7,12-13,18H,8-11,14-15H2,1-2H3,(H,21,26)/t18-/m1/s1. The summed E-state index contributed by atoms with van der Waals surface area (Å²) in [6.45, 7) is 3.22. The first-order valence-corrected chi connectivity index (χ1v) is 9.14. The van der Waals surface area contributed by atoms with Crippen LogP contribution in [-0.2, 0) is 17.8 Å². The van der Waals surface area contributed by atoms with Gasteiger partial charge in [0.25, 0.3) is 0 Å². The van der Waals surface area contributed by atoms with Crippen LogP contribution in [0.2, 0.25) is 0 Å². The lowest BCUT2D eigenvalue weighted by atomic mass is 10.1. The fourth-order valence-corrected chi connectivity index (χ4v) is 3.23. The Hall–Kier alpha value is -2.47. The molecular formula is C20H27N5O. The summed E-state index contributed by atoms with van der Waals surface area (Å²) in [6, 6.07) is 10.2. The molecule has 1 N–H and O–H groups in total. The number of nitrogens with zero attached hydrogens (tertiary/aromatic N) is 4. The molecule has 1 aliphatic rings. The Kier molecular flexibility index (Phi) is 6.17. The van der Waals surface area contributed by atoms with E-state index in [2.05, 4.69) is 32.3 Å². The van der Waals surface area contributed by atoms with Crippen molar-refractivity contribution in [3.63, 3.8) is 0 Å². The second-order valence-electron chi connectivity index (χ2n) is 7.03. The zero-order chi connectivity index (χ0) is 18.4. The molecule has 2 heterocycles. The number of rotatable bonds is 7. The molecule has 138 valence electrons. The summed E-state index contributed by atoms with van der Waals surface area (Å²) >= 11 is 0. The summed E-state index contributed by atoms with van der Waals surface area (Å²) in [5.41, 5.74) is 2.34. The first-order chi connectivity index (χ1) is 12.6. The van der Waals surface area contributed by atoms with Crippen molar-refractivity contribution < 1.29 is 4.79 Å². The van der Waals surface area contributed by atoms with Gasteiger partial charge in [-0.3, -0.25) is 9.69 Å². The topological polar surface area (TPSA) is 61.4 Å². The Bertz CT molecular complexity index is 702. The maximum absolute atomic E-state index is 12.4. The molecule has 1 amide bonds. The maximum Gasteiger partial charge on any atom is 0.224 e. The van der Waals surface area contributed by atoms with Gasteiger partial charge in [0.1, 0.15) is 0 Å². The Labute approximate surface area is 155 Å². The molecule has 1 atom stereocenters. The van der Waals surface area contributed by atoms with E-state index in [9.17, 15) is 4.79 Å². The van der Waals surface area contributed by atoms with E-state index in [1.54, 1.807) is 0 Å². The van der Waals surface area contributed by atoms with Crippen LogP contribution >= 0.6 is 0 Å². The molecule has 6 nitrogen and oxygen atoms in total. The molecule has 0 saturated carbocycles. The van der Waals surface area contributed by atoms with E-state index in [0.717, 1.165) is 38.0 Å². The number of benzene rings is 1. The van der Waals surface area contributed by atoms with Crippen molar-refractivity contribution in [2.24, 2.45) is 5.92 Å². The van der Waals surface area contributed by atoms with Gasteiger partial charge in [0.2, 0.25) is 11.9 Å². The van der Waals surface area contributed by atoms with E-state index in [0.29, 0.717) is 12.5 Å². The lowest BCUT2D eigenvalue weighted by Gasteiger charge is -2.16. The molecule has 0 aliphatic carbocycles. The fourth-order valence-electron chi connectivity index (χ4n) is 3.23. The maximum atomic E-state index is 12.4. The van der Waals surface area contributed by atoms with Crippen molar-refractivity contribution in [1.29, 1.82) is 0 Å². The molecule has 3 rings (SSSR count). The highest BCUT2D eigenvalue weighted by atomic mass is 16.1. The average Bonchev–Trinajstić information content (AvgIpc) is 3.11. The zero-order valence-corrected chi connectivity index (χ0v) is 15.6. The minimum Gasteiger partial charge on any atom is -0.355 e. The third-order valence-corrected chi connectivity index (χ3v) is 4.70. The highest BCUT2D eigenvalue weighted by molar-refractivity contribution is 5.79. The number of aromatic nitrogens is 2. The molecule has 6 heteroatoms. The van der Waals surface area contributed by atoms with Crippen LogP contribution in [0.15, 0.2) is 42.7 Å². The molecule has 1 aromatic heterocycles. The third-order valence-electron chi connectivity index (χ3n) is 4.70. The predicted octanol–water partition coefficient (Wildman–Crippen LogP) is 1.72. The molecule has 1 saturated heterocycles. The molecular weight excluding hydrogens is 326 g/mol.